The Morgan fingerprint density at radius 1 is 1.39 bits per heavy atom. The molecule has 0 aliphatic carbocycles. The fraction of sp³-hybridized carbons (Fsp3) is 0.562. The molecule has 1 fully saturated rings. The minimum atomic E-state index is -3.85. The lowest BCUT2D eigenvalue weighted by Crippen LogP contribution is -2.40. The zero-order valence-corrected chi connectivity index (χ0v) is 14.7. The molecule has 23 heavy (non-hydrogen) atoms. The first-order chi connectivity index (χ1) is 10.7. The number of carboxylic acids is 1. The monoisotopic (exact) mass is 341 g/mol. The molecule has 1 aromatic rings. The van der Waals surface area contributed by atoms with E-state index < -0.39 is 22.0 Å². The van der Waals surface area contributed by atoms with Crippen molar-refractivity contribution in [1.29, 1.82) is 0 Å². The molecule has 0 aromatic heterocycles. The zero-order chi connectivity index (χ0) is 17.4. The van der Waals surface area contributed by atoms with Gasteiger partial charge in [0.05, 0.1) is 12.0 Å². The molecule has 1 aliphatic heterocycles. The fourth-order valence-corrected chi connectivity index (χ4v) is 4.88. The fourth-order valence-electron chi connectivity index (χ4n) is 2.98. The van der Waals surface area contributed by atoms with E-state index >= 15 is 0 Å². The van der Waals surface area contributed by atoms with E-state index in [4.69, 9.17) is 4.74 Å². The van der Waals surface area contributed by atoms with Crippen LogP contribution < -0.4 is 4.74 Å². The van der Waals surface area contributed by atoms with E-state index in [2.05, 4.69) is 0 Å². The summed E-state index contributed by atoms with van der Waals surface area (Å²) in [5, 5.41) is 9.26. The van der Waals surface area contributed by atoms with Gasteiger partial charge >= 0.3 is 5.97 Å². The average Bonchev–Trinajstić information content (AvgIpc) is 2.96. The van der Waals surface area contributed by atoms with Gasteiger partial charge in [-0.2, -0.15) is 4.31 Å². The summed E-state index contributed by atoms with van der Waals surface area (Å²) in [7, 11) is -2.30. The Bertz CT molecular complexity index is 711. The number of carboxylic acid groups (broad SMARTS) is 1. The molecular weight excluding hydrogens is 318 g/mol. The second-order valence-corrected chi connectivity index (χ2v) is 7.99. The largest absolute Gasteiger partial charge is 0.496 e. The third-order valence-electron chi connectivity index (χ3n) is 4.22. The molecule has 0 radical (unpaired) electrons. The van der Waals surface area contributed by atoms with E-state index in [0.717, 1.165) is 9.87 Å². The van der Waals surface area contributed by atoms with Gasteiger partial charge in [-0.3, -0.25) is 4.79 Å². The molecule has 1 N–H and O–H groups in total. The summed E-state index contributed by atoms with van der Waals surface area (Å²) in [5.74, 6) is -0.359. The molecule has 6 nitrogen and oxygen atoms in total. The van der Waals surface area contributed by atoms with Crippen molar-refractivity contribution in [2.75, 3.05) is 13.7 Å². The number of sulfonamides is 1. The van der Waals surface area contributed by atoms with Crippen LogP contribution in [0.15, 0.2) is 17.0 Å². The number of hydrogen-bond acceptors (Lipinski definition) is 4. The molecule has 7 heteroatoms. The predicted molar refractivity (Wildman–Crippen MR) is 86.4 cm³/mol. The van der Waals surface area contributed by atoms with Gasteiger partial charge in [0.15, 0.2) is 0 Å². The van der Waals surface area contributed by atoms with Crippen LogP contribution in [-0.4, -0.2) is 43.5 Å². The minimum Gasteiger partial charge on any atom is -0.496 e. The molecule has 0 amide bonds. The Morgan fingerprint density at radius 2 is 2.04 bits per heavy atom. The normalized spacial score (nSPS) is 19.3. The Balaban J connectivity index is 2.56. The van der Waals surface area contributed by atoms with Crippen molar-refractivity contribution in [3.8, 4) is 5.75 Å². The lowest BCUT2D eigenvalue weighted by atomic mass is 10.0. The number of methoxy groups -OCH3 is 1. The quantitative estimate of drug-likeness (QED) is 0.889. The number of ether oxygens (including phenoxy) is 1. The molecule has 0 bridgehead atoms. The second kappa shape index (κ2) is 6.49. The van der Waals surface area contributed by atoms with Gasteiger partial charge in [-0.1, -0.05) is 13.8 Å². The summed E-state index contributed by atoms with van der Waals surface area (Å²) in [5.41, 5.74) is 1.35. The van der Waals surface area contributed by atoms with Gasteiger partial charge in [-0.15, -0.1) is 0 Å². The molecule has 1 aromatic carbocycles. The Morgan fingerprint density at radius 3 is 2.57 bits per heavy atom. The van der Waals surface area contributed by atoms with Crippen molar-refractivity contribution >= 4 is 16.0 Å². The molecule has 0 spiro atoms. The number of rotatable bonds is 5. The third-order valence-corrected chi connectivity index (χ3v) is 6.27. The summed E-state index contributed by atoms with van der Waals surface area (Å²) in [6.45, 7) is 5.85. The van der Waals surface area contributed by atoms with Crippen molar-refractivity contribution in [3.63, 3.8) is 0 Å². The number of nitrogens with zero attached hydrogens (tertiary/aromatic N) is 1. The zero-order valence-electron chi connectivity index (χ0n) is 13.9. The van der Waals surface area contributed by atoms with Crippen LogP contribution in [0.2, 0.25) is 0 Å². The second-order valence-electron chi connectivity index (χ2n) is 6.13. The van der Waals surface area contributed by atoms with E-state index in [0.29, 0.717) is 24.2 Å². The van der Waals surface area contributed by atoms with Crippen LogP contribution in [0.4, 0.5) is 0 Å². The van der Waals surface area contributed by atoms with Crippen LogP contribution in [-0.2, 0) is 14.8 Å². The third kappa shape index (κ3) is 3.21. The molecule has 0 saturated carbocycles. The first-order valence-electron chi connectivity index (χ1n) is 7.63. The standard InChI is InChI=1S/C16H23NO5S/c1-10(2)12-9-15(11(3)8-14(12)22-4)23(20,21)17-7-5-6-13(17)16(18)19/h8-10,13H,5-7H2,1-4H3,(H,18,19). The van der Waals surface area contributed by atoms with E-state index in [9.17, 15) is 18.3 Å². The van der Waals surface area contributed by atoms with Crippen molar-refractivity contribution in [2.24, 2.45) is 0 Å². The minimum absolute atomic E-state index is 0.0911. The first kappa shape index (κ1) is 17.7. The highest BCUT2D eigenvalue weighted by Crippen LogP contribution is 2.34. The van der Waals surface area contributed by atoms with Gasteiger partial charge in [0.1, 0.15) is 11.8 Å². The summed E-state index contributed by atoms with van der Waals surface area (Å²) in [4.78, 5) is 11.5. The van der Waals surface area contributed by atoms with E-state index in [1.165, 1.54) is 0 Å². The van der Waals surface area contributed by atoms with Crippen LogP contribution in [0.25, 0.3) is 0 Å². The maximum Gasteiger partial charge on any atom is 0.322 e. The number of hydrogen-bond donors (Lipinski definition) is 1. The summed E-state index contributed by atoms with van der Waals surface area (Å²) in [6, 6.07) is 2.34. The van der Waals surface area contributed by atoms with E-state index in [-0.39, 0.29) is 17.4 Å². The smallest absolute Gasteiger partial charge is 0.322 e. The van der Waals surface area contributed by atoms with Crippen LogP contribution in [0, 0.1) is 6.92 Å². The van der Waals surface area contributed by atoms with Gasteiger partial charge in [0.2, 0.25) is 10.0 Å². The van der Waals surface area contributed by atoms with Gasteiger partial charge < -0.3 is 9.84 Å². The SMILES string of the molecule is COc1cc(C)c(S(=O)(=O)N2CCCC2C(=O)O)cc1C(C)C. The maximum atomic E-state index is 13.0. The van der Waals surface area contributed by atoms with Crippen molar-refractivity contribution in [2.45, 2.75) is 50.5 Å². The summed E-state index contributed by atoms with van der Waals surface area (Å²) in [6.07, 6.45) is 0.906. The molecule has 1 aliphatic rings. The summed E-state index contributed by atoms with van der Waals surface area (Å²) < 4.78 is 32.4. The van der Waals surface area contributed by atoms with Crippen LogP contribution in [0.3, 0.4) is 0 Å². The molecule has 1 atom stereocenters. The van der Waals surface area contributed by atoms with Crippen molar-refractivity contribution in [3.05, 3.63) is 23.3 Å². The topological polar surface area (TPSA) is 83.9 Å². The van der Waals surface area contributed by atoms with Gasteiger partial charge in [-0.25, -0.2) is 8.42 Å². The maximum absolute atomic E-state index is 13.0. The van der Waals surface area contributed by atoms with Crippen LogP contribution in [0.1, 0.15) is 43.7 Å². The highest BCUT2D eigenvalue weighted by atomic mass is 32.2. The molecule has 2 rings (SSSR count). The molecule has 1 heterocycles. The lowest BCUT2D eigenvalue weighted by Gasteiger charge is -2.23. The number of aryl methyl sites for hydroxylation is 1. The van der Waals surface area contributed by atoms with Gasteiger partial charge in [0.25, 0.3) is 0 Å². The van der Waals surface area contributed by atoms with Crippen molar-refractivity contribution < 1.29 is 23.1 Å². The Hall–Kier alpha value is -1.60. The highest BCUT2D eigenvalue weighted by Gasteiger charge is 2.40. The Kier molecular flexibility index (Phi) is 5.01. The predicted octanol–water partition coefficient (Wildman–Crippen LogP) is 2.36. The Labute approximate surface area is 137 Å². The molecular formula is C16H23NO5S. The van der Waals surface area contributed by atoms with E-state index in [1.807, 2.05) is 13.8 Å². The highest BCUT2D eigenvalue weighted by molar-refractivity contribution is 7.89. The number of benzene rings is 1. The average molecular weight is 341 g/mol. The van der Waals surface area contributed by atoms with Crippen LogP contribution >= 0.6 is 0 Å². The number of aliphatic carboxylic acids is 1. The van der Waals surface area contributed by atoms with Crippen LogP contribution in [0.5, 0.6) is 5.75 Å². The van der Waals surface area contributed by atoms with Gasteiger partial charge in [-0.05, 0) is 48.9 Å². The van der Waals surface area contributed by atoms with Crippen molar-refractivity contribution in [1.82, 2.24) is 4.31 Å². The molecule has 128 valence electrons. The molecule has 1 unspecified atom stereocenters. The molecule has 1 saturated heterocycles. The number of carbonyl (C=O) groups is 1. The first-order valence-corrected chi connectivity index (χ1v) is 9.07. The lowest BCUT2D eigenvalue weighted by molar-refractivity contribution is -0.140. The van der Waals surface area contributed by atoms with Gasteiger partial charge in [0, 0.05) is 6.54 Å². The summed E-state index contributed by atoms with van der Waals surface area (Å²) >= 11 is 0. The van der Waals surface area contributed by atoms with E-state index in [1.54, 1.807) is 26.2 Å².